The lowest BCUT2D eigenvalue weighted by atomic mass is 9.82. The average Bonchev–Trinajstić information content (AvgIpc) is 2.47. The minimum atomic E-state index is 0.199. The molecule has 0 unspecified atom stereocenters. The largest absolute Gasteiger partial charge is 0.209 e. The number of fused-ring (bicyclic) bond motifs is 1. The van der Waals surface area contributed by atoms with E-state index < -0.39 is 0 Å². The second-order valence-corrected chi connectivity index (χ2v) is 5.23. The molecular formula is C15H22N+. The summed E-state index contributed by atoms with van der Waals surface area (Å²) in [6.07, 6.45) is 2.52. The highest BCUT2D eigenvalue weighted by Gasteiger charge is 2.42. The zero-order chi connectivity index (χ0) is 11.8. The van der Waals surface area contributed by atoms with Gasteiger partial charge in [0.15, 0.2) is 5.71 Å². The zero-order valence-corrected chi connectivity index (χ0v) is 10.9. The second kappa shape index (κ2) is 4.04. The van der Waals surface area contributed by atoms with Crippen LogP contribution in [-0.2, 0) is 5.41 Å². The molecule has 0 N–H and O–H groups in total. The number of hydrogen-bond donors (Lipinski definition) is 0. The third-order valence-electron chi connectivity index (χ3n) is 3.91. The van der Waals surface area contributed by atoms with Crippen LogP contribution in [0.2, 0.25) is 0 Å². The molecule has 1 heteroatoms. The first-order valence-electron chi connectivity index (χ1n) is 6.30. The average molecular weight is 216 g/mol. The summed E-state index contributed by atoms with van der Waals surface area (Å²) in [5.74, 6) is 0. The van der Waals surface area contributed by atoms with E-state index in [9.17, 15) is 0 Å². The molecule has 0 saturated carbocycles. The van der Waals surface area contributed by atoms with Gasteiger partial charge in [-0.15, -0.1) is 0 Å². The van der Waals surface area contributed by atoms with Crippen LogP contribution in [0, 0.1) is 0 Å². The number of nitrogens with zero attached hydrogens (tertiary/aromatic N) is 1. The Bertz CT molecular complexity index is 427. The lowest BCUT2D eigenvalue weighted by Gasteiger charge is -2.14. The van der Waals surface area contributed by atoms with Crippen LogP contribution in [0.3, 0.4) is 0 Å². The van der Waals surface area contributed by atoms with Gasteiger partial charge >= 0.3 is 0 Å². The molecule has 86 valence electrons. The third kappa shape index (κ3) is 1.59. The number of benzene rings is 1. The van der Waals surface area contributed by atoms with Crippen molar-refractivity contribution in [1.82, 2.24) is 0 Å². The van der Waals surface area contributed by atoms with Crippen LogP contribution in [0.4, 0.5) is 5.69 Å². The fourth-order valence-corrected chi connectivity index (χ4v) is 2.55. The Kier molecular flexibility index (Phi) is 2.88. The standard InChI is InChI=1S/C15H22N/c1-5-6-11-16-12(2)15(3,4)13-9-7-8-10-14(13)16/h7-10H,5-6,11H2,1-4H3/q+1. The number of rotatable bonds is 3. The van der Waals surface area contributed by atoms with Gasteiger partial charge in [-0.3, -0.25) is 0 Å². The van der Waals surface area contributed by atoms with E-state index in [1.165, 1.54) is 29.8 Å². The van der Waals surface area contributed by atoms with Crippen molar-refractivity contribution in [2.75, 3.05) is 6.54 Å². The van der Waals surface area contributed by atoms with Crippen LogP contribution in [0.25, 0.3) is 0 Å². The maximum atomic E-state index is 2.50. The molecule has 1 nitrogen and oxygen atoms in total. The minimum absolute atomic E-state index is 0.199. The molecule has 0 aliphatic carbocycles. The molecule has 0 spiro atoms. The Morgan fingerprint density at radius 3 is 2.56 bits per heavy atom. The van der Waals surface area contributed by atoms with E-state index in [0.717, 1.165) is 6.54 Å². The fourth-order valence-electron chi connectivity index (χ4n) is 2.55. The van der Waals surface area contributed by atoms with Crippen molar-refractivity contribution in [3.63, 3.8) is 0 Å². The summed E-state index contributed by atoms with van der Waals surface area (Å²) in [4.78, 5) is 0. The van der Waals surface area contributed by atoms with Crippen LogP contribution in [0.1, 0.15) is 46.1 Å². The van der Waals surface area contributed by atoms with Gasteiger partial charge in [0, 0.05) is 25.0 Å². The smallest absolute Gasteiger partial charge is 0.199 e. The molecule has 0 aromatic heterocycles. The Labute approximate surface area is 98.8 Å². The van der Waals surface area contributed by atoms with E-state index in [-0.39, 0.29) is 5.41 Å². The van der Waals surface area contributed by atoms with Gasteiger partial charge in [-0.2, -0.15) is 4.58 Å². The van der Waals surface area contributed by atoms with Crippen molar-refractivity contribution < 1.29 is 4.58 Å². The van der Waals surface area contributed by atoms with Crippen LogP contribution in [0.5, 0.6) is 0 Å². The molecule has 16 heavy (non-hydrogen) atoms. The highest BCUT2D eigenvalue weighted by molar-refractivity contribution is 5.93. The quantitative estimate of drug-likeness (QED) is 0.674. The number of unbranched alkanes of at least 4 members (excludes halogenated alkanes) is 1. The second-order valence-electron chi connectivity index (χ2n) is 5.23. The molecule has 1 aliphatic rings. The van der Waals surface area contributed by atoms with Crippen molar-refractivity contribution in [2.45, 2.75) is 46.0 Å². The molecular weight excluding hydrogens is 194 g/mol. The Hall–Kier alpha value is -1.11. The first-order valence-corrected chi connectivity index (χ1v) is 6.30. The summed E-state index contributed by atoms with van der Waals surface area (Å²) < 4.78 is 2.50. The molecule has 1 heterocycles. The van der Waals surface area contributed by atoms with Gasteiger partial charge in [-0.1, -0.05) is 31.5 Å². The summed E-state index contributed by atoms with van der Waals surface area (Å²) in [7, 11) is 0. The normalized spacial score (nSPS) is 17.8. The van der Waals surface area contributed by atoms with Crippen LogP contribution in [-0.4, -0.2) is 16.8 Å². The maximum Gasteiger partial charge on any atom is 0.209 e. The summed E-state index contributed by atoms with van der Waals surface area (Å²) in [6, 6.07) is 8.82. The summed E-state index contributed by atoms with van der Waals surface area (Å²) in [6.45, 7) is 10.3. The molecule has 0 bridgehead atoms. The lowest BCUT2D eigenvalue weighted by molar-refractivity contribution is -0.439. The summed E-state index contributed by atoms with van der Waals surface area (Å²) >= 11 is 0. The third-order valence-corrected chi connectivity index (χ3v) is 3.91. The number of para-hydroxylation sites is 1. The minimum Gasteiger partial charge on any atom is -0.199 e. The fraction of sp³-hybridized carbons (Fsp3) is 0.533. The molecule has 1 aliphatic heterocycles. The summed E-state index contributed by atoms with van der Waals surface area (Å²) in [5.41, 5.74) is 4.58. The van der Waals surface area contributed by atoms with Crippen LogP contribution in [0.15, 0.2) is 24.3 Å². The highest BCUT2D eigenvalue weighted by atomic mass is 15.1. The Morgan fingerprint density at radius 2 is 1.88 bits per heavy atom. The monoisotopic (exact) mass is 216 g/mol. The van der Waals surface area contributed by atoms with Gasteiger partial charge in [0.05, 0.1) is 5.41 Å². The molecule has 0 fully saturated rings. The molecule has 2 rings (SSSR count). The van der Waals surface area contributed by atoms with Gasteiger partial charge in [0.2, 0.25) is 5.69 Å². The number of hydrogen-bond acceptors (Lipinski definition) is 0. The van der Waals surface area contributed by atoms with Gasteiger partial charge in [0.25, 0.3) is 0 Å². The van der Waals surface area contributed by atoms with Crippen molar-refractivity contribution in [3.05, 3.63) is 29.8 Å². The lowest BCUT2D eigenvalue weighted by Crippen LogP contribution is -2.26. The molecule has 1 aromatic carbocycles. The molecule has 1 aromatic rings. The van der Waals surface area contributed by atoms with Crippen LogP contribution >= 0.6 is 0 Å². The Morgan fingerprint density at radius 1 is 1.19 bits per heavy atom. The van der Waals surface area contributed by atoms with Crippen molar-refractivity contribution in [3.8, 4) is 0 Å². The topological polar surface area (TPSA) is 3.01 Å². The molecule has 0 amide bonds. The van der Waals surface area contributed by atoms with E-state index in [1.807, 2.05) is 0 Å². The van der Waals surface area contributed by atoms with Gasteiger partial charge in [-0.05, 0) is 13.8 Å². The Balaban J connectivity index is 2.47. The van der Waals surface area contributed by atoms with Gasteiger partial charge in [0.1, 0.15) is 6.54 Å². The molecule has 0 radical (unpaired) electrons. The highest BCUT2D eigenvalue weighted by Crippen LogP contribution is 2.39. The van der Waals surface area contributed by atoms with Crippen molar-refractivity contribution in [1.29, 1.82) is 0 Å². The van der Waals surface area contributed by atoms with E-state index in [0.29, 0.717) is 0 Å². The van der Waals surface area contributed by atoms with E-state index in [1.54, 1.807) is 0 Å². The van der Waals surface area contributed by atoms with E-state index in [4.69, 9.17) is 0 Å². The van der Waals surface area contributed by atoms with E-state index >= 15 is 0 Å². The van der Waals surface area contributed by atoms with Crippen molar-refractivity contribution in [2.24, 2.45) is 0 Å². The first-order chi connectivity index (χ1) is 7.59. The molecule has 0 saturated heterocycles. The van der Waals surface area contributed by atoms with Gasteiger partial charge in [-0.25, -0.2) is 0 Å². The van der Waals surface area contributed by atoms with Gasteiger partial charge < -0.3 is 0 Å². The predicted octanol–water partition coefficient (Wildman–Crippen LogP) is 3.88. The zero-order valence-electron chi connectivity index (χ0n) is 10.9. The summed E-state index contributed by atoms with van der Waals surface area (Å²) in [5, 5.41) is 0. The SMILES string of the molecule is CCCC[N+]1=C(C)C(C)(C)c2ccccc21. The van der Waals surface area contributed by atoms with Crippen molar-refractivity contribution >= 4 is 11.4 Å². The molecule has 0 atom stereocenters. The first kappa shape index (κ1) is 11.4. The predicted molar refractivity (Wildman–Crippen MR) is 69.8 cm³/mol. The van der Waals surface area contributed by atoms with E-state index in [2.05, 4.69) is 56.5 Å². The van der Waals surface area contributed by atoms with Crippen LogP contribution < -0.4 is 0 Å². The maximum absolute atomic E-state index is 2.50.